The number of unbranched alkanes of at least 4 members (excludes halogenated alkanes) is 1. The molecule has 0 amide bonds. The summed E-state index contributed by atoms with van der Waals surface area (Å²) in [7, 11) is 0. The second kappa shape index (κ2) is 6.29. The molecule has 1 rings (SSSR count). The van der Waals surface area contributed by atoms with Gasteiger partial charge in [0, 0.05) is 12.2 Å². The third-order valence-electron chi connectivity index (χ3n) is 2.37. The minimum Gasteiger partial charge on any atom is -0.399 e. The van der Waals surface area contributed by atoms with Gasteiger partial charge in [0.05, 0.1) is 0 Å². The highest BCUT2D eigenvalue weighted by Crippen LogP contribution is 2.34. The average Bonchev–Trinajstić information content (AvgIpc) is 2.35. The second-order valence-corrected chi connectivity index (χ2v) is 3.79. The van der Waals surface area contributed by atoms with E-state index in [2.05, 4.69) is 4.74 Å². The molecule has 1 aromatic rings. The summed E-state index contributed by atoms with van der Waals surface area (Å²) >= 11 is 0. The summed E-state index contributed by atoms with van der Waals surface area (Å²) in [5, 5.41) is 8.48. The Morgan fingerprint density at radius 3 is 1.75 bits per heavy atom. The molecule has 2 nitrogen and oxygen atoms in total. The Balaban J connectivity index is 3.20. The molecule has 9 heteroatoms. The van der Waals surface area contributed by atoms with E-state index in [1.807, 2.05) is 0 Å². The van der Waals surface area contributed by atoms with Gasteiger partial charge in [0.2, 0.25) is 17.4 Å². The highest BCUT2D eigenvalue weighted by Gasteiger charge is 2.37. The summed E-state index contributed by atoms with van der Waals surface area (Å²) in [6.07, 6.45) is -5.84. The van der Waals surface area contributed by atoms with Gasteiger partial charge in [-0.15, -0.1) is 13.2 Å². The largest absolute Gasteiger partial charge is 0.573 e. The average molecular weight is 306 g/mol. The molecule has 1 aromatic carbocycles. The number of alkyl halides is 3. The topological polar surface area (TPSA) is 29.5 Å². The van der Waals surface area contributed by atoms with Crippen LogP contribution < -0.4 is 4.74 Å². The number of aliphatic hydroxyl groups is 1. The Morgan fingerprint density at radius 1 is 0.850 bits per heavy atom. The molecule has 0 saturated carbocycles. The van der Waals surface area contributed by atoms with Gasteiger partial charge in [-0.25, -0.2) is 8.78 Å². The van der Waals surface area contributed by atoms with Crippen LogP contribution >= 0.6 is 0 Å². The zero-order valence-electron chi connectivity index (χ0n) is 9.83. The molecule has 0 aliphatic rings. The summed E-state index contributed by atoms with van der Waals surface area (Å²) in [4.78, 5) is 0. The highest BCUT2D eigenvalue weighted by molar-refractivity contribution is 5.34. The lowest BCUT2D eigenvalue weighted by Crippen LogP contribution is -2.20. The van der Waals surface area contributed by atoms with Crippen molar-refractivity contribution in [2.75, 3.05) is 6.61 Å². The molecule has 20 heavy (non-hydrogen) atoms. The van der Waals surface area contributed by atoms with Crippen molar-refractivity contribution in [3.8, 4) is 5.75 Å². The first-order valence-corrected chi connectivity index (χ1v) is 5.40. The van der Waals surface area contributed by atoms with Gasteiger partial charge in [-0.1, -0.05) is 0 Å². The van der Waals surface area contributed by atoms with E-state index in [0.29, 0.717) is 0 Å². The quantitative estimate of drug-likeness (QED) is 0.513. The SMILES string of the molecule is OCCCCc1c(F)c(F)c(OC(F)(F)F)c(F)c1F. The van der Waals surface area contributed by atoms with Crippen molar-refractivity contribution >= 4 is 0 Å². The Hall–Kier alpha value is -1.51. The first kappa shape index (κ1) is 16.5. The highest BCUT2D eigenvalue weighted by atomic mass is 19.4. The predicted molar refractivity (Wildman–Crippen MR) is 53.0 cm³/mol. The first-order chi connectivity index (χ1) is 9.19. The number of hydrogen-bond acceptors (Lipinski definition) is 2. The van der Waals surface area contributed by atoms with Crippen molar-refractivity contribution in [2.45, 2.75) is 25.6 Å². The van der Waals surface area contributed by atoms with Crippen molar-refractivity contribution in [1.29, 1.82) is 0 Å². The van der Waals surface area contributed by atoms with Gasteiger partial charge in [0.1, 0.15) is 0 Å². The normalized spacial score (nSPS) is 11.8. The van der Waals surface area contributed by atoms with E-state index in [9.17, 15) is 30.7 Å². The predicted octanol–water partition coefficient (Wildman–Crippen LogP) is 3.46. The third-order valence-corrected chi connectivity index (χ3v) is 2.37. The molecule has 0 radical (unpaired) electrons. The molecule has 0 heterocycles. The van der Waals surface area contributed by atoms with Crippen molar-refractivity contribution in [2.24, 2.45) is 0 Å². The van der Waals surface area contributed by atoms with Gasteiger partial charge >= 0.3 is 6.36 Å². The minimum atomic E-state index is -5.49. The Morgan fingerprint density at radius 2 is 1.35 bits per heavy atom. The Labute approximate surface area is 108 Å². The van der Waals surface area contributed by atoms with Crippen LogP contribution in [0.3, 0.4) is 0 Å². The van der Waals surface area contributed by atoms with E-state index < -0.39 is 47.4 Å². The molecule has 114 valence electrons. The summed E-state index contributed by atoms with van der Waals surface area (Å²) in [6, 6.07) is 0. The van der Waals surface area contributed by atoms with Gasteiger partial charge in [-0.05, 0) is 19.3 Å². The van der Waals surface area contributed by atoms with Gasteiger partial charge in [-0.2, -0.15) is 8.78 Å². The van der Waals surface area contributed by atoms with Crippen LogP contribution in [0.1, 0.15) is 18.4 Å². The maximum atomic E-state index is 13.4. The molecule has 0 fully saturated rings. The maximum absolute atomic E-state index is 13.4. The molecular formula is C11H9F7O2. The number of halogens is 7. The summed E-state index contributed by atoms with van der Waals surface area (Å²) < 4.78 is 92.0. The lowest BCUT2D eigenvalue weighted by atomic mass is 10.1. The number of aliphatic hydroxyl groups excluding tert-OH is 1. The molecule has 1 N–H and O–H groups in total. The lowest BCUT2D eigenvalue weighted by molar-refractivity contribution is -0.276. The van der Waals surface area contributed by atoms with Crippen molar-refractivity contribution in [3.63, 3.8) is 0 Å². The zero-order valence-corrected chi connectivity index (χ0v) is 9.83. The van der Waals surface area contributed by atoms with E-state index in [-0.39, 0.29) is 19.4 Å². The van der Waals surface area contributed by atoms with Crippen molar-refractivity contribution < 1.29 is 40.6 Å². The number of ether oxygens (including phenoxy) is 1. The summed E-state index contributed by atoms with van der Waals surface area (Å²) in [5.74, 6) is -10.6. The van der Waals surface area contributed by atoms with E-state index in [0.717, 1.165) is 0 Å². The van der Waals surface area contributed by atoms with Crippen LogP contribution in [0.2, 0.25) is 0 Å². The molecule has 0 spiro atoms. The molecule has 0 unspecified atom stereocenters. The van der Waals surface area contributed by atoms with E-state index >= 15 is 0 Å². The second-order valence-electron chi connectivity index (χ2n) is 3.79. The fourth-order valence-corrected chi connectivity index (χ4v) is 1.50. The lowest BCUT2D eigenvalue weighted by Gasteiger charge is -2.14. The molecule has 0 saturated heterocycles. The smallest absolute Gasteiger partial charge is 0.399 e. The van der Waals surface area contributed by atoms with E-state index in [1.165, 1.54) is 0 Å². The van der Waals surface area contributed by atoms with Crippen molar-refractivity contribution in [1.82, 2.24) is 0 Å². The summed E-state index contributed by atoms with van der Waals surface area (Å²) in [5.41, 5.74) is -1.03. The number of rotatable bonds is 5. The van der Waals surface area contributed by atoms with E-state index in [4.69, 9.17) is 5.11 Å². The van der Waals surface area contributed by atoms with Gasteiger partial charge in [0.25, 0.3) is 0 Å². The monoisotopic (exact) mass is 306 g/mol. The van der Waals surface area contributed by atoms with Gasteiger partial charge in [0.15, 0.2) is 11.6 Å². The van der Waals surface area contributed by atoms with Crippen LogP contribution in [-0.2, 0) is 6.42 Å². The molecule has 0 aromatic heterocycles. The van der Waals surface area contributed by atoms with Crippen LogP contribution in [0, 0.1) is 23.3 Å². The first-order valence-electron chi connectivity index (χ1n) is 5.40. The summed E-state index contributed by atoms with van der Waals surface area (Å²) in [6.45, 7) is -0.302. The molecule has 0 bridgehead atoms. The van der Waals surface area contributed by atoms with Gasteiger partial charge < -0.3 is 9.84 Å². The molecule has 0 aliphatic carbocycles. The van der Waals surface area contributed by atoms with E-state index in [1.54, 1.807) is 0 Å². The number of benzene rings is 1. The van der Waals surface area contributed by atoms with Crippen LogP contribution in [0.25, 0.3) is 0 Å². The Kier molecular flexibility index (Phi) is 5.21. The van der Waals surface area contributed by atoms with Crippen LogP contribution in [0.5, 0.6) is 5.75 Å². The van der Waals surface area contributed by atoms with Crippen molar-refractivity contribution in [3.05, 3.63) is 28.8 Å². The molecule has 0 aliphatic heterocycles. The van der Waals surface area contributed by atoms with Gasteiger partial charge in [-0.3, -0.25) is 0 Å². The fourth-order valence-electron chi connectivity index (χ4n) is 1.50. The van der Waals surface area contributed by atoms with Crippen LogP contribution in [-0.4, -0.2) is 18.1 Å². The maximum Gasteiger partial charge on any atom is 0.573 e. The zero-order chi connectivity index (χ0) is 15.5. The molecular weight excluding hydrogens is 297 g/mol. The molecule has 0 atom stereocenters. The number of hydrogen-bond donors (Lipinski definition) is 1. The van der Waals surface area contributed by atoms with Crippen LogP contribution in [0.4, 0.5) is 30.7 Å². The Bertz CT molecular complexity index is 456. The standard InChI is InChI=1S/C11H9F7O2/c12-6-5(3-1-2-4-19)7(13)9(15)10(8(6)14)20-11(16,17)18/h19H,1-4H2. The minimum absolute atomic E-state index is 0.00267. The fraction of sp³-hybridized carbons (Fsp3) is 0.455. The van der Waals surface area contributed by atoms with Crippen LogP contribution in [0.15, 0.2) is 0 Å². The third kappa shape index (κ3) is 3.75.